The van der Waals surface area contributed by atoms with Gasteiger partial charge < -0.3 is 14.9 Å². The number of alkyl halides is 2. The Kier molecular flexibility index (Phi) is 6.56. The Bertz CT molecular complexity index is 1150. The molecule has 0 aliphatic carbocycles. The smallest absolute Gasteiger partial charge is 0.257 e. The molecule has 180 valence electrons. The second-order valence-electron chi connectivity index (χ2n) is 8.30. The summed E-state index contributed by atoms with van der Waals surface area (Å²) in [6, 6.07) is 5.04. The van der Waals surface area contributed by atoms with E-state index >= 15 is 0 Å². The molecule has 1 fully saturated rings. The standard InChI is InChI=1S/C23H22F4N4O3/c1-14(30-7-4-23(26,27)19(12-30)16-2-5-31(33)6-3-16)22(32)29-20-13-34-21(28-20)10-15-8-17(24)11-18(25)9-15/h2-3,5-6,8-9,11,13-14,19H,4,7,10,12H2,1H3,(H,29,32)/t14?,19-/m1/s1. The third kappa shape index (κ3) is 5.36. The van der Waals surface area contributed by atoms with Crippen molar-refractivity contribution in [2.45, 2.75) is 37.6 Å². The maximum absolute atomic E-state index is 14.6. The molecule has 0 radical (unpaired) electrons. The van der Waals surface area contributed by atoms with E-state index in [1.54, 1.807) is 11.8 Å². The molecule has 1 aromatic carbocycles. The zero-order chi connectivity index (χ0) is 24.5. The van der Waals surface area contributed by atoms with Crippen molar-refractivity contribution in [3.8, 4) is 0 Å². The first-order chi connectivity index (χ1) is 16.1. The normalized spacial score (nSPS) is 19.0. The summed E-state index contributed by atoms with van der Waals surface area (Å²) in [5.41, 5.74) is 0.638. The van der Waals surface area contributed by atoms with Crippen LogP contribution in [0, 0.1) is 16.8 Å². The fourth-order valence-electron chi connectivity index (χ4n) is 4.02. The van der Waals surface area contributed by atoms with Crippen molar-refractivity contribution < 1.29 is 31.5 Å². The van der Waals surface area contributed by atoms with Crippen LogP contribution in [-0.4, -0.2) is 40.8 Å². The van der Waals surface area contributed by atoms with Gasteiger partial charge in [0.2, 0.25) is 5.91 Å². The van der Waals surface area contributed by atoms with Gasteiger partial charge in [0, 0.05) is 44.1 Å². The number of nitrogens with zero attached hydrogens (tertiary/aromatic N) is 3. The number of nitrogens with one attached hydrogen (secondary N) is 1. The summed E-state index contributed by atoms with van der Waals surface area (Å²) >= 11 is 0. The summed E-state index contributed by atoms with van der Waals surface area (Å²) in [6.45, 7) is 1.55. The van der Waals surface area contributed by atoms with E-state index in [1.807, 2.05) is 0 Å². The molecule has 7 nitrogen and oxygen atoms in total. The molecule has 3 aromatic rings. The first-order valence-corrected chi connectivity index (χ1v) is 10.6. The molecule has 1 aliphatic heterocycles. The van der Waals surface area contributed by atoms with E-state index in [0.29, 0.717) is 15.9 Å². The number of pyridine rings is 1. The Hall–Kier alpha value is -3.47. The molecular formula is C23H22F4N4O3. The first kappa shape index (κ1) is 23.7. The Balaban J connectivity index is 1.40. The lowest BCUT2D eigenvalue weighted by atomic mass is 9.87. The number of hydrogen-bond acceptors (Lipinski definition) is 5. The van der Waals surface area contributed by atoms with Crippen LogP contribution in [-0.2, 0) is 11.2 Å². The van der Waals surface area contributed by atoms with Crippen molar-refractivity contribution in [3.63, 3.8) is 0 Å². The lowest BCUT2D eigenvalue weighted by molar-refractivity contribution is -0.605. The summed E-state index contributed by atoms with van der Waals surface area (Å²) in [5, 5.41) is 13.8. The van der Waals surface area contributed by atoms with E-state index in [2.05, 4.69) is 10.3 Å². The van der Waals surface area contributed by atoms with Gasteiger partial charge in [0.15, 0.2) is 24.1 Å². The number of amides is 1. The number of rotatable bonds is 6. The van der Waals surface area contributed by atoms with Gasteiger partial charge in [-0.05, 0) is 30.2 Å². The lowest BCUT2D eigenvalue weighted by Gasteiger charge is -2.40. The van der Waals surface area contributed by atoms with Gasteiger partial charge in [-0.15, -0.1) is 0 Å². The van der Waals surface area contributed by atoms with Gasteiger partial charge in [0.05, 0.1) is 12.0 Å². The minimum absolute atomic E-state index is 0.0156. The molecular weight excluding hydrogens is 456 g/mol. The SMILES string of the molecule is CC(C(=O)Nc1coc(Cc2cc(F)cc(F)c2)n1)N1CCC(F)(F)[C@@H](c2cc[n+]([O-])cc2)C1. The van der Waals surface area contributed by atoms with Gasteiger partial charge >= 0.3 is 0 Å². The summed E-state index contributed by atoms with van der Waals surface area (Å²) in [4.78, 5) is 18.5. The predicted octanol–water partition coefficient (Wildman–Crippen LogP) is 3.63. The van der Waals surface area contributed by atoms with E-state index in [0.717, 1.165) is 18.2 Å². The third-order valence-electron chi connectivity index (χ3n) is 5.90. The number of benzene rings is 1. The molecule has 2 atom stereocenters. The molecule has 34 heavy (non-hydrogen) atoms. The third-order valence-corrected chi connectivity index (χ3v) is 5.90. The molecule has 1 N–H and O–H groups in total. The van der Waals surface area contributed by atoms with Crippen LogP contribution < -0.4 is 10.0 Å². The van der Waals surface area contributed by atoms with Gasteiger partial charge in [-0.1, -0.05) is 0 Å². The number of oxazole rings is 1. The van der Waals surface area contributed by atoms with Gasteiger partial charge in [0.1, 0.15) is 17.9 Å². The van der Waals surface area contributed by atoms with Gasteiger partial charge in [0.25, 0.3) is 5.92 Å². The van der Waals surface area contributed by atoms with Crippen molar-refractivity contribution in [2.24, 2.45) is 0 Å². The maximum atomic E-state index is 14.6. The van der Waals surface area contributed by atoms with Gasteiger partial charge in [-0.25, -0.2) is 17.6 Å². The zero-order valence-corrected chi connectivity index (χ0v) is 18.2. The Labute approximate surface area is 192 Å². The molecule has 1 saturated heterocycles. The quantitative estimate of drug-likeness (QED) is 0.332. The monoisotopic (exact) mass is 478 g/mol. The minimum atomic E-state index is -2.97. The number of piperidine rings is 1. The molecule has 1 amide bonds. The second-order valence-corrected chi connectivity index (χ2v) is 8.30. The Morgan fingerprint density at radius 3 is 2.65 bits per heavy atom. The van der Waals surface area contributed by atoms with Crippen LogP contribution in [0.15, 0.2) is 53.4 Å². The summed E-state index contributed by atoms with van der Waals surface area (Å²) in [7, 11) is 0. The fourth-order valence-corrected chi connectivity index (χ4v) is 4.02. The van der Waals surface area contributed by atoms with Crippen LogP contribution in [0.3, 0.4) is 0 Å². The number of carbonyl (C=O) groups is 1. The molecule has 0 saturated carbocycles. The topological polar surface area (TPSA) is 85.3 Å². The maximum Gasteiger partial charge on any atom is 0.257 e. The highest BCUT2D eigenvalue weighted by Crippen LogP contribution is 2.40. The van der Waals surface area contributed by atoms with Gasteiger partial charge in [-0.2, -0.15) is 9.71 Å². The summed E-state index contributed by atoms with van der Waals surface area (Å²) < 4.78 is 61.7. The van der Waals surface area contributed by atoms with Crippen molar-refractivity contribution in [3.05, 3.63) is 82.8 Å². The molecule has 0 bridgehead atoms. The average molecular weight is 478 g/mol. The van der Waals surface area contributed by atoms with Crippen molar-refractivity contribution in [2.75, 3.05) is 18.4 Å². The fraction of sp³-hybridized carbons (Fsp3) is 0.348. The number of anilines is 1. The number of hydrogen-bond donors (Lipinski definition) is 1. The number of halogens is 4. The lowest BCUT2D eigenvalue weighted by Crippen LogP contribution is -2.52. The Morgan fingerprint density at radius 1 is 1.29 bits per heavy atom. The Morgan fingerprint density at radius 2 is 1.97 bits per heavy atom. The van der Waals surface area contributed by atoms with Crippen molar-refractivity contribution in [1.82, 2.24) is 9.88 Å². The molecule has 3 heterocycles. The van der Waals surface area contributed by atoms with E-state index in [4.69, 9.17) is 4.42 Å². The second kappa shape index (κ2) is 9.41. The average Bonchev–Trinajstić information content (AvgIpc) is 3.19. The largest absolute Gasteiger partial charge is 0.619 e. The highest BCUT2D eigenvalue weighted by Gasteiger charge is 2.46. The van der Waals surface area contributed by atoms with Gasteiger partial charge in [-0.3, -0.25) is 9.69 Å². The highest BCUT2D eigenvalue weighted by atomic mass is 19.3. The number of carbonyl (C=O) groups excluding carboxylic acids is 1. The highest BCUT2D eigenvalue weighted by molar-refractivity contribution is 5.93. The predicted molar refractivity (Wildman–Crippen MR) is 113 cm³/mol. The molecule has 11 heteroatoms. The molecule has 1 unspecified atom stereocenters. The van der Waals surface area contributed by atoms with Crippen molar-refractivity contribution in [1.29, 1.82) is 0 Å². The molecule has 2 aromatic heterocycles. The van der Waals surface area contributed by atoms with Crippen LogP contribution in [0.4, 0.5) is 23.4 Å². The zero-order valence-electron chi connectivity index (χ0n) is 18.2. The van der Waals surface area contributed by atoms with E-state index in [-0.39, 0.29) is 31.2 Å². The van der Waals surface area contributed by atoms with E-state index in [9.17, 15) is 27.6 Å². The van der Waals surface area contributed by atoms with Crippen LogP contribution in [0.1, 0.15) is 36.3 Å². The van der Waals surface area contributed by atoms with Crippen molar-refractivity contribution >= 4 is 11.7 Å². The summed E-state index contributed by atoms with van der Waals surface area (Å²) in [6.07, 6.45) is 3.12. The number of likely N-dealkylation sites (tertiary alicyclic amines) is 1. The van der Waals surface area contributed by atoms with Crippen LogP contribution >= 0.6 is 0 Å². The van der Waals surface area contributed by atoms with Crippen LogP contribution in [0.25, 0.3) is 0 Å². The molecule has 4 rings (SSSR count). The van der Waals surface area contributed by atoms with E-state index < -0.39 is 41.8 Å². The minimum Gasteiger partial charge on any atom is -0.619 e. The van der Waals surface area contributed by atoms with Crippen LogP contribution in [0.2, 0.25) is 0 Å². The molecule has 0 spiro atoms. The van der Waals surface area contributed by atoms with E-state index in [1.165, 1.54) is 30.8 Å². The first-order valence-electron chi connectivity index (χ1n) is 10.6. The summed E-state index contributed by atoms with van der Waals surface area (Å²) in [5.74, 6) is -5.81. The number of aromatic nitrogens is 2. The van der Waals surface area contributed by atoms with Crippen LogP contribution in [0.5, 0.6) is 0 Å². The molecule has 1 aliphatic rings.